The van der Waals surface area contributed by atoms with Crippen LogP contribution in [0.1, 0.15) is 0 Å². The summed E-state index contributed by atoms with van der Waals surface area (Å²) in [5, 5.41) is 11.0. The second-order valence-electron chi connectivity index (χ2n) is 12.0. The Bertz CT molecular complexity index is 2740. The number of hydrogen-bond acceptors (Lipinski definition) is 1. The number of nitrogens with zero attached hydrogens (tertiary/aromatic N) is 1. The smallest absolute Gasteiger partial charge is 0.213 e. The first-order valence-electron chi connectivity index (χ1n) is 15.8. The fraction of sp³-hybridized carbons (Fsp3) is 0. The average molecular weight is 586 g/mol. The zero-order valence-corrected chi connectivity index (χ0v) is 24.9. The molecule has 10 rings (SSSR count). The lowest BCUT2D eigenvalue weighted by Crippen LogP contribution is -1.94. The molecule has 8 aromatic carbocycles. The summed E-state index contributed by atoms with van der Waals surface area (Å²) in [6.45, 7) is 0. The number of rotatable bonds is 3. The molecule has 0 fully saturated rings. The monoisotopic (exact) mass is 585 g/mol. The molecule has 0 N–H and O–H groups in total. The predicted molar refractivity (Wildman–Crippen MR) is 194 cm³/mol. The SMILES string of the molecule is c1ccc(-n2c3cc(-c4c5ccccc5c(-c5cccc6ccccc56)c5ccccc45)ccc3c3c4ccccc4oc32)cc1. The van der Waals surface area contributed by atoms with E-state index >= 15 is 0 Å². The number of benzene rings is 8. The minimum atomic E-state index is 0.876. The van der Waals surface area contributed by atoms with Crippen LogP contribution in [0.2, 0.25) is 0 Å². The molecule has 0 unspecified atom stereocenters. The van der Waals surface area contributed by atoms with Crippen LogP contribution in [0.3, 0.4) is 0 Å². The molecular formula is C44H27NO. The minimum Gasteiger partial charge on any atom is -0.439 e. The average Bonchev–Trinajstić information content (AvgIpc) is 3.65. The molecule has 10 aromatic rings. The van der Waals surface area contributed by atoms with Gasteiger partial charge >= 0.3 is 0 Å². The van der Waals surface area contributed by atoms with Crippen LogP contribution >= 0.6 is 0 Å². The van der Waals surface area contributed by atoms with Crippen LogP contribution in [0, 0.1) is 0 Å². The van der Waals surface area contributed by atoms with Crippen molar-refractivity contribution in [3.8, 4) is 27.9 Å². The van der Waals surface area contributed by atoms with E-state index in [4.69, 9.17) is 4.42 Å². The first kappa shape index (κ1) is 25.2. The van der Waals surface area contributed by atoms with Crippen molar-refractivity contribution in [1.82, 2.24) is 4.57 Å². The Morgan fingerprint density at radius 1 is 0.413 bits per heavy atom. The van der Waals surface area contributed by atoms with Gasteiger partial charge in [-0.05, 0) is 78.8 Å². The van der Waals surface area contributed by atoms with Crippen LogP contribution in [0.15, 0.2) is 168 Å². The van der Waals surface area contributed by atoms with Gasteiger partial charge in [-0.25, -0.2) is 0 Å². The minimum absolute atomic E-state index is 0.876. The second-order valence-corrected chi connectivity index (χ2v) is 12.0. The number of para-hydroxylation sites is 2. The van der Waals surface area contributed by atoms with E-state index in [-0.39, 0.29) is 0 Å². The molecule has 0 saturated carbocycles. The van der Waals surface area contributed by atoms with Crippen LogP contribution < -0.4 is 0 Å². The molecule has 0 spiro atoms. The molecule has 0 bridgehead atoms. The fourth-order valence-electron chi connectivity index (χ4n) is 7.65. The summed E-state index contributed by atoms with van der Waals surface area (Å²) in [6.07, 6.45) is 0. The lowest BCUT2D eigenvalue weighted by molar-refractivity contribution is 0.645. The van der Waals surface area contributed by atoms with Gasteiger partial charge in [0.1, 0.15) is 5.58 Å². The highest BCUT2D eigenvalue weighted by Gasteiger charge is 2.22. The Hall–Kier alpha value is -6.12. The molecule has 2 nitrogen and oxygen atoms in total. The Labute approximate surface area is 265 Å². The number of furan rings is 1. The zero-order chi connectivity index (χ0) is 30.2. The molecule has 0 amide bonds. The van der Waals surface area contributed by atoms with E-state index in [1.807, 2.05) is 6.07 Å². The van der Waals surface area contributed by atoms with E-state index in [0.29, 0.717) is 0 Å². The lowest BCUT2D eigenvalue weighted by Gasteiger charge is -2.19. The van der Waals surface area contributed by atoms with Crippen molar-refractivity contribution in [2.45, 2.75) is 0 Å². The van der Waals surface area contributed by atoms with Gasteiger partial charge in [-0.1, -0.05) is 140 Å². The molecule has 0 aliphatic heterocycles. The van der Waals surface area contributed by atoms with Crippen LogP contribution in [-0.2, 0) is 0 Å². The van der Waals surface area contributed by atoms with Gasteiger partial charge in [-0.2, -0.15) is 0 Å². The standard InChI is InChI=1S/C44H27NO/c1-2-15-30(16-3-1)45-39-27-29(25-26-37(39)43-38-22-10-11-24-40(38)46-44(43)45)41-33-18-6-8-20-35(33)42(36-21-9-7-19-34(36)41)32-23-12-14-28-13-4-5-17-31(28)32/h1-27H. The molecule has 46 heavy (non-hydrogen) atoms. The van der Waals surface area contributed by atoms with Gasteiger partial charge in [0.15, 0.2) is 0 Å². The van der Waals surface area contributed by atoms with Crippen molar-refractivity contribution in [1.29, 1.82) is 0 Å². The zero-order valence-electron chi connectivity index (χ0n) is 24.9. The van der Waals surface area contributed by atoms with Crippen molar-refractivity contribution >= 4 is 65.3 Å². The summed E-state index contributed by atoms with van der Waals surface area (Å²) >= 11 is 0. The van der Waals surface area contributed by atoms with Crippen LogP contribution in [0.4, 0.5) is 0 Å². The van der Waals surface area contributed by atoms with Crippen LogP contribution in [0.25, 0.3) is 93.2 Å². The summed E-state index contributed by atoms with van der Waals surface area (Å²) < 4.78 is 8.85. The summed E-state index contributed by atoms with van der Waals surface area (Å²) in [4.78, 5) is 0. The first-order valence-corrected chi connectivity index (χ1v) is 15.8. The van der Waals surface area contributed by atoms with Gasteiger partial charge in [-0.3, -0.25) is 4.57 Å². The van der Waals surface area contributed by atoms with E-state index in [1.54, 1.807) is 0 Å². The Kier molecular flexibility index (Phi) is 5.31. The summed E-state index contributed by atoms with van der Waals surface area (Å²) in [7, 11) is 0. The molecule has 0 atom stereocenters. The van der Waals surface area contributed by atoms with Crippen LogP contribution in [-0.4, -0.2) is 4.57 Å². The number of aromatic nitrogens is 1. The third-order valence-corrected chi connectivity index (χ3v) is 9.58. The molecule has 0 radical (unpaired) electrons. The van der Waals surface area contributed by atoms with Crippen molar-refractivity contribution in [3.63, 3.8) is 0 Å². The predicted octanol–water partition coefficient (Wildman–Crippen LogP) is 12.3. The van der Waals surface area contributed by atoms with E-state index in [2.05, 4.69) is 162 Å². The van der Waals surface area contributed by atoms with E-state index in [1.165, 1.54) is 60.0 Å². The highest BCUT2D eigenvalue weighted by atomic mass is 16.3. The third-order valence-electron chi connectivity index (χ3n) is 9.58. The van der Waals surface area contributed by atoms with Crippen molar-refractivity contribution < 1.29 is 4.42 Å². The molecule has 214 valence electrons. The molecule has 0 aliphatic carbocycles. The van der Waals surface area contributed by atoms with E-state index in [0.717, 1.165) is 33.3 Å². The number of hydrogen-bond donors (Lipinski definition) is 0. The van der Waals surface area contributed by atoms with E-state index in [9.17, 15) is 0 Å². The highest BCUT2D eigenvalue weighted by molar-refractivity contribution is 6.25. The van der Waals surface area contributed by atoms with Crippen molar-refractivity contribution in [2.75, 3.05) is 0 Å². The molecule has 2 heterocycles. The van der Waals surface area contributed by atoms with Gasteiger partial charge in [0.2, 0.25) is 5.71 Å². The third kappa shape index (κ3) is 3.53. The highest BCUT2D eigenvalue weighted by Crippen LogP contribution is 2.47. The number of fused-ring (bicyclic) bond motifs is 8. The maximum atomic E-state index is 6.57. The molecular weight excluding hydrogens is 558 g/mol. The van der Waals surface area contributed by atoms with Gasteiger partial charge < -0.3 is 4.42 Å². The molecule has 2 aromatic heterocycles. The summed E-state index contributed by atoms with van der Waals surface area (Å²) in [5.74, 6) is 0. The van der Waals surface area contributed by atoms with Gasteiger partial charge in [-0.15, -0.1) is 0 Å². The largest absolute Gasteiger partial charge is 0.439 e. The first-order chi connectivity index (χ1) is 22.8. The lowest BCUT2D eigenvalue weighted by atomic mass is 9.84. The summed E-state index contributed by atoms with van der Waals surface area (Å²) in [5.41, 5.74) is 8.98. The van der Waals surface area contributed by atoms with Gasteiger partial charge in [0.05, 0.1) is 10.9 Å². The molecule has 2 heteroatoms. The molecule has 0 saturated heterocycles. The van der Waals surface area contributed by atoms with Gasteiger partial charge in [0, 0.05) is 16.5 Å². The topological polar surface area (TPSA) is 18.1 Å². The van der Waals surface area contributed by atoms with Crippen LogP contribution in [0.5, 0.6) is 0 Å². The Morgan fingerprint density at radius 3 is 1.74 bits per heavy atom. The Balaban J connectivity index is 1.33. The Morgan fingerprint density at radius 2 is 1.00 bits per heavy atom. The maximum absolute atomic E-state index is 6.57. The van der Waals surface area contributed by atoms with E-state index < -0.39 is 0 Å². The quantitative estimate of drug-likeness (QED) is 0.189. The normalized spacial score (nSPS) is 11.9. The second kappa shape index (κ2) is 9.69. The van der Waals surface area contributed by atoms with Crippen molar-refractivity contribution in [3.05, 3.63) is 164 Å². The van der Waals surface area contributed by atoms with Crippen molar-refractivity contribution in [2.24, 2.45) is 0 Å². The summed E-state index contributed by atoms with van der Waals surface area (Å²) in [6, 6.07) is 59.0. The molecule has 0 aliphatic rings. The fourth-order valence-corrected chi connectivity index (χ4v) is 7.65. The maximum Gasteiger partial charge on any atom is 0.213 e. The van der Waals surface area contributed by atoms with Gasteiger partial charge in [0.25, 0.3) is 0 Å².